The monoisotopic (exact) mass is 273 g/mol. The zero-order chi connectivity index (χ0) is 10.8. The van der Waals surface area contributed by atoms with E-state index in [9.17, 15) is 0 Å². The number of hydrogen-bond acceptors (Lipinski definition) is 4. The molecule has 0 bridgehead atoms. The summed E-state index contributed by atoms with van der Waals surface area (Å²) in [4.78, 5) is 4.38. The Morgan fingerprint density at radius 3 is 2.57 bits per heavy atom. The summed E-state index contributed by atoms with van der Waals surface area (Å²) in [5.74, 6) is 0.641. The summed E-state index contributed by atoms with van der Waals surface area (Å²) in [5.41, 5.74) is -0.0406. The third-order valence-corrected chi connectivity index (χ3v) is 3.20. The second-order valence-electron chi connectivity index (χ2n) is 4.04. The predicted molar refractivity (Wildman–Crippen MR) is 60.8 cm³/mol. The van der Waals surface area contributed by atoms with Gasteiger partial charge in [0.15, 0.2) is 0 Å². The quantitative estimate of drug-likeness (QED) is 0.779. The van der Waals surface area contributed by atoms with Gasteiger partial charge >= 0.3 is 0 Å². The second kappa shape index (κ2) is 4.37. The summed E-state index contributed by atoms with van der Waals surface area (Å²) >= 11 is 4.61. The first-order valence-electron chi connectivity index (χ1n) is 4.28. The Balaban J connectivity index is 2.94. The fraction of sp³-hybridized carbons (Fsp3) is 0.667. The van der Waals surface area contributed by atoms with Crippen LogP contribution in [-0.4, -0.2) is 14.7 Å². The van der Waals surface area contributed by atoms with Crippen molar-refractivity contribution in [1.82, 2.24) is 9.36 Å². The number of nitriles is 1. The summed E-state index contributed by atoms with van der Waals surface area (Å²) in [7, 11) is 0. The lowest BCUT2D eigenvalue weighted by molar-refractivity contribution is 0.552. The number of alkyl halides is 1. The first kappa shape index (κ1) is 11.6. The molecule has 0 saturated heterocycles. The van der Waals surface area contributed by atoms with Crippen LogP contribution in [0.15, 0.2) is 0 Å². The van der Waals surface area contributed by atoms with Crippen LogP contribution < -0.4 is 0 Å². The molecular formula is C9H12BrN3S. The van der Waals surface area contributed by atoms with E-state index in [0.29, 0.717) is 5.33 Å². The van der Waals surface area contributed by atoms with Gasteiger partial charge in [-0.05, 0) is 11.5 Å². The molecule has 0 aliphatic heterocycles. The smallest absolute Gasteiger partial charge is 0.147 e. The van der Waals surface area contributed by atoms with Gasteiger partial charge in [-0.3, -0.25) is 0 Å². The van der Waals surface area contributed by atoms with Gasteiger partial charge in [0.2, 0.25) is 0 Å². The molecule has 1 atom stereocenters. The van der Waals surface area contributed by atoms with Crippen molar-refractivity contribution in [3.63, 3.8) is 0 Å². The molecule has 0 spiro atoms. The Morgan fingerprint density at radius 1 is 1.57 bits per heavy atom. The highest BCUT2D eigenvalue weighted by Gasteiger charge is 2.22. The average Bonchev–Trinajstić information content (AvgIpc) is 2.54. The van der Waals surface area contributed by atoms with E-state index in [1.807, 2.05) is 0 Å². The third-order valence-electron chi connectivity index (χ3n) is 1.72. The van der Waals surface area contributed by atoms with Crippen molar-refractivity contribution in [2.24, 2.45) is 0 Å². The van der Waals surface area contributed by atoms with Crippen LogP contribution >= 0.6 is 27.5 Å². The van der Waals surface area contributed by atoms with E-state index in [1.165, 1.54) is 11.5 Å². The maximum absolute atomic E-state index is 8.85. The normalized spacial score (nSPS) is 13.6. The van der Waals surface area contributed by atoms with Crippen molar-refractivity contribution >= 4 is 27.5 Å². The van der Waals surface area contributed by atoms with E-state index in [-0.39, 0.29) is 11.3 Å². The van der Waals surface area contributed by atoms with Crippen LogP contribution in [0.2, 0.25) is 0 Å². The van der Waals surface area contributed by atoms with Crippen LogP contribution in [0.25, 0.3) is 0 Å². The minimum Gasteiger partial charge on any atom is -0.223 e. The Labute approximate surface area is 96.5 Å². The van der Waals surface area contributed by atoms with Gasteiger partial charge in [0.25, 0.3) is 0 Å². The highest BCUT2D eigenvalue weighted by Crippen LogP contribution is 2.25. The van der Waals surface area contributed by atoms with Gasteiger partial charge in [-0.25, -0.2) is 4.98 Å². The van der Waals surface area contributed by atoms with Crippen molar-refractivity contribution in [2.45, 2.75) is 32.1 Å². The molecule has 0 aliphatic carbocycles. The van der Waals surface area contributed by atoms with Crippen LogP contribution in [0.4, 0.5) is 0 Å². The summed E-state index contributed by atoms with van der Waals surface area (Å²) < 4.78 is 4.26. The lowest BCUT2D eigenvalue weighted by atomic mass is 9.96. The third kappa shape index (κ3) is 2.52. The summed E-state index contributed by atoms with van der Waals surface area (Å²) in [5, 5.41) is 10.3. The molecule has 0 radical (unpaired) electrons. The zero-order valence-electron chi connectivity index (χ0n) is 8.41. The lowest BCUT2D eigenvalue weighted by Gasteiger charge is -2.12. The lowest BCUT2D eigenvalue weighted by Crippen LogP contribution is -2.13. The van der Waals surface area contributed by atoms with E-state index in [2.05, 4.69) is 52.1 Å². The number of halogens is 1. The Kier molecular flexibility index (Phi) is 3.62. The van der Waals surface area contributed by atoms with Gasteiger partial charge in [-0.15, -0.1) is 0 Å². The van der Waals surface area contributed by atoms with Crippen molar-refractivity contribution in [3.05, 3.63) is 10.8 Å². The fourth-order valence-electron chi connectivity index (χ4n) is 0.837. The summed E-state index contributed by atoms with van der Waals surface area (Å²) in [6.07, 6.45) is 0. The molecule has 3 nitrogen and oxygen atoms in total. The van der Waals surface area contributed by atoms with Crippen LogP contribution in [-0.2, 0) is 5.41 Å². The van der Waals surface area contributed by atoms with Gasteiger partial charge in [-0.2, -0.15) is 9.64 Å². The van der Waals surface area contributed by atoms with E-state index < -0.39 is 0 Å². The molecule has 5 heteroatoms. The first-order chi connectivity index (χ1) is 6.49. The molecular weight excluding hydrogens is 262 g/mol. The van der Waals surface area contributed by atoms with E-state index >= 15 is 0 Å². The SMILES string of the molecule is CC(C)(C)c1nsc(C(C#N)CBr)n1. The molecule has 1 rings (SSSR count). The van der Waals surface area contributed by atoms with Gasteiger partial charge in [0.05, 0.1) is 6.07 Å². The molecule has 1 heterocycles. The Morgan fingerprint density at radius 2 is 2.21 bits per heavy atom. The van der Waals surface area contributed by atoms with E-state index in [4.69, 9.17) is 5.26 Å². The maximum atomic E-state index is 8.85. The highest BCUT2D eigenvalue weighted by molar-refractivity contribution is 9.09. The molecule has 76 valence electrons. The van der Waals surface area contributed by atoms with Gasteiger partial charge in [0.1, 0.15) is 16.7 Å². The summed E-state index contributed by atoms with van der Waals surface area (Å²) in [6, 6.07) is 2.19. The molecule has 1 unspecified atom stereocenters. The van der Waals surface area contributed by atoms with Crippen LogP contribution in [0.5, 0.6) is 0 Å². The summed E-state index contributed by atoms with van der Waals surface area (Å²) in [6.45, 7) is 6.19. The van der Waals surface area contributed by atoms with Gasteiger partial charge in [-0.1, -0.05) is 36.7 Å². The van der Waals surface area contributed by atoms with Gasteiger partial charge < -0.3 is 0 Å². The molecule has 0 aromatic carbocycles. The van der Waals surface area contributed by atoms with Crippen molar-refractivity contribution in [1.29, 1.82) is 5.26 Å². The van der Waals surface area contributed by atoms with Crippen LogP contribution in [0.3, 0.4) is 0 Å². The van der Waals surface area contributed by atoms with Crippen molar-refractivity contribution < 1.29 is 0 Å². The Bertz CT molecular complexity index is 348. The average molecular weight is 274 g/mol. The second-order valence-corrected chi connectivity index (χ2v) is 5.47. The number of rotatable bonds is 2. The van der Waals surface area contributed by atoms with E-state index in [1.54, 1.807) is 0 Å². The molecule has 0 saturated carbocycles. The first-order valence-corrected chi connectivity index (χ1v) is 6.18. The standard InChI is InChI=1S/C9H12BrN3S/c1-9(2,3)8-12-7(14-13-8)6(4-10)5-11/h6H,4H2,1-3H3. The van der Waals surface area contributed by atoms with Gasteiger partial charge in [0, 0.05) is 10.7 Å². The molecule has 14 heavy (non-hydrogen) atoms. The zero-order valence-corrected chi connectivity index (χ0v) is 10.8. The predicted octanol–water partition coefficient (Wildman–Crippen LogP) is 2.84. The Hall–Kier alpha value is -0.470. The molecule has 0 amide bonds. The maximum Gasteiger partial charge on any atom is 0.147 e. The highest BCUT2D eigenvalue weighted by atomic mass is 79.9. The minimum absolute atomic E-state index is 0.0406. The number of hydrogen-bond donors (Lipinski definition) is 0. The largest absolute Gasteiger partial charge is 0.223 e. The molecule has 0 fully saturated rings. The van der Waals surface area contributed by atoms with E-state index in [0.717, 1.165) is 10.8 Å². The topological polar surface area (TPSA) is 49.6 Å². The van der Waals surface area contributed by atoms with Crippen molar-refractivity contribution in [3.8, 4) is 6.07 Å². The van der Waals surface area contributed by atoms with Crippen LogP contribution in [0, 0.1) is 11.3 Å². The van der Waals surface area contributed by atoms with Crippen molar-refractivity contribution in [2.75, 3.05) is 5.33 Å². The molecule has 0 aliphatic rings. The molecule has 0 N–H and O–H groups in total. The molecule has 1 aromatic heterocycles. The fourth-order valence-corrected chi connectivity index (χ4v) is 2.39. The number of nitrogens with zero attached hydrogens (tertiary/aromatic N) is 3. The number of aromatic nitrogens is 2. The molecule has 1 aromatic rings. The minimum atomic E-state index is -0.177. The van der Waals surface area contributed by atoms with Crippen LogP contribution in [0.1, 0.15) is 37.5 Å².